The normalized spacial score (nSPS) is 19.9. The van der Waals surface area contributed by atoms with Gasteiger partial charge in [-0.3, -0.25) is 14.9 Å². The highest BCUT2D eigenvalue weighted by Gasteiger charge is 2.49. The number of aliphatic imine (C=N–C) groups is 2. The molecule has 0 fully saturated rings. The van der Waals surface area contributed by atoms with E-state index < -0.39 is 17.7 Å². The SMILES string of the molecule is NC1=NC(c2ccc(OC(F)(F)F)cc2)(c2cccc(-c3cnccc3F)c2)C2=NCCCN12. The van der Waals surface area contributed by atoms with Gasteiger partial charge in [0.15, 0.2) is 11.5 Å². The van der Waals surface area contributed by atoms with Gasteiger partial charge in [0.1, 0.15) is 17.4 Å². The predicted octanol–water partition coefficient (Wildman–Crippen LogP) is 4.46. The molecule has 34 heavy (non-hydrogen) atoms. The molecule has 1 atom stereocenters. The summed E-state index contributed by atoms with van der Waals surface area (Å²) in [6.07, 6.45) is -1.22. The number of alkyl halides is 3. The summed E-state index contributed by atoms with van der Waals surface area (Å²) in [5.41, 5.74) is 7.14. The first-order chi connectivity index (χ1) is 16.3. The second-order valence-corrected chi connectivity index (χ2v) is 7.90. The number of guanidine groups is 1. The molecule has 3 heterocycles. The van der Waals surface area contributed by atoms with Crippen LogP contribution in [0, 0.1) is 5.82 Å². The Morgan fingerprint density at radius 3 is 2.56 bits per heavy atom. The molecule has 174 valence electrons. The Kier molecular flexibility index (Phi) is 5.22. The highest BCUT2D eigenvalue weighted by molar-refractivity contribution is 6.12. The number of fused-ring (bicyclic) bond motifs is 1. The Hall–Kier alpha value is -3.95. The lowest BCUT2D eigenvalue weighted by atomic mass is 9.81. The molecule has 0 spiro atoms. The molecule has 1 aromatic heterocycles. The Labute approximate surface area is 192 Å². The molecule has 6 nitrogen and oxygen atoms in total. The molecule has 0 saturated heterocycles. The van der Waals surface area contributed by atoms with E-state index in [0.29, 0.717) is 41.2 Å². The van der Waals surface area contributed by atoms with Crippen LogP contribution in [0.3, 0.4) is 0 Å². The minimum absolute atomic E-state index is 0.257. The van der Waals surface area contributed by atoms with Crippen molar-refractivity contribution in [1.82, 2.24) is 9.88 Å². The van der Waals surface area contributed by atoms with Crippen LogP contribution in [0.25, 0.3) is 11.1 Å². The van der Waals surface area contributed by atoms with E-state index in [4.69, 9.17) is 15.7 Å². The lowest BCUT2D eigenvalue weighted by Crippen LogP contribution is -2.46. The molecule has 2 aliphatic rings. The fraction of sp³-hybridized carbons (Fsp3) is 0.208. The van der Waals surface area contributed by atoms with Gasteiger partial charge in [0.2, 0.25) is 0 Å². The topological polar surface area (TPSA) is 76.1 Å². The van der Waals surface area contributed by atoms with Crippen LogP contribution in [0.15, 0.2) is 77.0 Å². The van der Waals surface area contributed by atoms with Gasteiger partial charge in [0.25, 0.3) is 0 Å². The second kappa shape index (κ2) is 8.12. The molecule has 10 heteroatoms. The summed E-state index contributed by atoms with van der Waals surface area (Å²) in [5, 5.41) is 0. The number of pyridine rings is 1. The van der Waals surface area contributed by atoms with Crippen LogP contribution in [0.5, 0.6) is 5.75 Å². The third-order valence-electron chi connectivity index (χ3n) is 5.80. The van der Waals surface area contributed by atoms with Crippen molar-refractivity contribution in [2.75, 3.05) is 13.1 Å². The molecule has 0 bridgehead atoms. The van der Waals surface area contributed by atoms with Crippen molar-refractivity contribution < 1.29 is 22.3 Å². The fourth-order valence-electron chi connectivity index (χ4n) is 4.37. The molecule has 3 aromatic rings. The minimum atomic E-state index is -4.80. The lowest BCUT2D eigenvalue weighted by Gasteiger charge is -2.33. The third-order valence-corrected chi connectivity index (χ3v) is 5.80. The number of nitrogens with two attached hydrogens (primary N) is 1. The van der Waals surface area contributed by atoms with E-state index >= 15 is 0 Å². The van der Waals surface area contributed by atoms with Gasteiger partial charge in [-0.15, -0.1) is 13.2 Å². The number of ether oxygens (including phenoxy) is 1. The minimum Gasteiger partial charge on any atom is -0.406 e. The van der Waals surface area contributed by atoms with Gasteiger partial charge in [-0.1, -0.05) is 30.3 Å². The molecular weight excluding hydrogens is 450 g/mol. The average Bonchev–Trinajstić information content (AvgIpc) is 3.13. The number of hydrogen-bond acceptors (Lipinski definition) is 6. The molecule has 0 radical (unpaired) electrons. The standard InChI is InChI=1S/C24H19F4N5O/c25-20-9-11-30-14-19(20)15-3-1-4-17(13-15)23(21-31-10-2-12-33(21)22(29)32-23)16-5-7-18(8-6-16)34-24(26,27)28/h1,3-9,11,13-14H,2,10,12H2,(H2,29,32). The number of benzene rings is 2. The van der Waals surface area contributed by atoms with Gasteiger partial charge in [0.05, 0.1) is 0 Å². The van der Waals surface area contributed by atoms with Gasteiger partial charge in [-0.2, -0.15) is 0 Å². The van der Waals surface area contributed by atoms with E-state index in [1.54, 1.807) is 23.1 Å². The quantitative estimate of drug-likeness (QED) is 0.573. The van der Waals surface area contributed by atoms with Crippen LogP contribution < -0.4 is 10.5 Å². The highest BCUT2D eigenvalue weighted by atomic mass is 19.4. The van der Waals surface area contributed by atoms with Gasteiger partial charge >= 0.3 is 6.36 Å². The van der Waals surface area contributed by atoms with Gasteiger partial charge < -0.3 is 10.5 Å². The summed E-state index contributed by atoms with van der Waals surface area (Å²) >= 11 is 0. The zero-order valence-electron chi connectivity index (χ0n) is 17.8. The molecule has 2 aromatic carbocycles. The first-order valence-electron chi connectivity index (χ1n) is 10.5. The van der Waals surface area contributed by atoms with Crippen LogP contribution in [0.4, 0.5) is 17.6 Å². The van der Waals surface area contributed by atoms with Gasteiger partial charge in [0, 0.05) is 31.0 Å². The maximum Gasteiger partial charge on any atom is 0.573 e. The number of nitrogens with zero attached hydrogens (tertiary/aromatic N) is 4. The van der Waals surface area contributed by atoms with E-state index in [1.807, 2.05) is 6.07 Å². The summed E-state index contributed by atoms with van der Waals surface area (Å²) in [7, 11) is 0. The summed E-state index contributed by atoms with van der Waals surface area (Å²) in [5.74, 6) is 0.0486. The number of hydrogen-bond donors (Lipinski definition) is 1. The third kappa shape index (κ3) is 3.74. The van der Waals surface area contributed by atoms with Gasteiger partial charge in [-0.25, -0.2) is 9.38 Å². The number of halogens is 4. The van der Waals surface area contributed by atoms with Crippen molar-refractivity contribution in [1.29, 1.82) is 0 Å². The Morgan fingerprint density at radius 1 is 1.03 bits per heavy atom. The van der Waals surface area contributed by atoms with E-state index in [-0.39, 0.29) is 11.7 Å². The van der Waals surface area contributed by atoms with E-state index in [0.717, 1.165) is 6.42 Å². The zero-order valence-corrected chi connectivity index (χ0v) is 17.8. The highest BCUT2D eigenvalue weighted by Crippen LogP contribution is 2.43. The summed E-state index contributed by atoms with van der Waals surface area (Å²) in [6.45, 7) is 1.17. The molecular formula is C24H19F4N5O. The molecule has 5 rings (SSSR count). The van der Waals surface area contributed by atoms with Gasteiger partial charge in [-0.05, 0) is 47.4 Å². The van der Waals surface area contributed by atoms with Crippen molar-refractivity contribution in [2.45, 2.75) is 18.3 Å². The summed E-state index contributed by atoms with van der Waals surface area (Å²) < 4.78 is 56.5. The molecule has 2 N–H and O–H groups in total. The smallest absolute Gasteiger partial charge is 0.406 e. The number of rotatable bonds is 4. The largest absolute Gasteiger partial charge is 0.573 e. The second-order valence-electron chi connectivity index (χ2n) is 7.90. The summed E-state index contributed by atoms with van der Waals surface area (Å²) in [6, 6.07) is 13.9. The van der Waals surface area contributed by atoms with E-state index in [1.165, 1.54) is 42.7 Å². The number of aromatic nitrogens is 1. The Morgan fingerprint density at radius 2 is 1.82 bits per heavy atom. The first-order valence-corrected chi connectivity index (χ1v) is 10.5. The van der Waals surface area contributed by atoms with Crippen molar-refractivity contribution >= 4 is 11.8 Å². The lowest BCUT2D eigenvalue weighted by molar-refractivity contribution is -0.274. The average molecular weight is 469 g/mol. The molecule has 0 amide bonds. The Balaban J connectivity index is 1.68. The van der Waals surface area contributed by atoms with E-state index in [2.05, 4.69) is 9.72 Å². The van der Waals surface area contributed by atoms with E-state index in [9.17, 15) is 17.6 Å². The molecule has 1 unspecified atom stereocenters. The molecule has 2 aliphatic heterocycles. The van der Waals surface area contributed by atoms with Crippen LogP contribution in [0.1, 0.15) is 17.5 Å². The van der Waals surface area contributed by atoms with Crippen molar-refractivity contribution in [3.63, 3.8) is 0 Å². The van der Waals surface area contributed by atoms with Crippen LogP contribution >= 0.6 is 0 Å². The van der Waals surface area contributed by atoms with Crippen LogP contribution in [0.2, 0.25) is 0 Å². The van der Waals surface area contributed by atoms with Crippen LogP contribution in [-0.4, -0.2) is 41.1 Å². The molecule has 0 saturated carbocycles. The number of amidine groups is 1. The summed E-state index contributed by atoms with van der Waals surface area (Å²) in [4.78, 5) is 15.3. The fourth-order valence-corrected chi connectivity index (χ4v) is 4.37. The van der Waals surface area contributed by atoms with Crippen LogP contribution in [-0.2, 0) is 5.54 Å². The maximum atomic E-state index is 14.5. The molecule has 0 aliphatic carbocycles. The van der Waals surface area contributed by atoms with Crippen molar-refractivity contribution in [2.24, 2.45) is 15.7 Å². The van der Waals surface area contributed by atoms with Crippen molar-refractivity contribution in [3.05, 3.63) is 83.9 Å². The van der Waals surface area contributed by atoms with Crippen molar-refractivity contribution in [3.8, 4) is 16.9 Å². The predicted molar refractivity (Wildman–Crippen MR) is 119 cm³/mol. The monoisotopic (exact) mass is 469 g/mol. The Bertz CT molecular complexity index is 1290. The zero-order chi connectivity index (χ0) is 23.9. The first kappa shape index (κ1) is 21.9. The maximum absolute atomic E-state index is 14.5.